The molecule has 0 bridgehead atoms. The molecule has 0 radical (unpaired) electrons. The van der Waals surface area contributed by atoms with E-state index in [4.69, 9.17) is 0 Å². The lowest BCUT2D eigenvalue weighted by Crippen LogP contribution is -2.27. The maximum absolute atomic E-state index is 12.7. The first-order chi connectivity index (χ1) is 12.9. The van der Waals surface area contributed by atoms with Gasteiger partial charge in [-0.2, -0.15) is 0 Å². The minimum absolute atomic E-state index is 0.105. The molecule has 3 rings (SSSR count). The zero-order valence-electron chi connectivity index (χ0n) is 15.4. The number of amides is 2. The van der Waals surface area contributed by atoms with Crippen molar-refractivity contribution >= 4 is 28.8 Å². The van der Waals surface area contributed by atoms with Crippen LogP contribution in [0.5, 0.6) is 0 Å². The molecule has 6 heteroatoms. The number of aromatic nitrogens is 1. The minimum Gasteiger partial charge on any atom is -0.344 e. The molecule has 2 aromatic carbocycles. The van der Waals surface area contributed by atoms with Crippen molar-refractivity contribution in [1.82, 2.24) is 10.3 Å². The Hall–Kier alpha value is -2.99. The molecule has 0 aliphatic rings. The summed E-state index contributed by atoms with van der Waals surface area (Å²) in [6.45, 7) is 5.31. The molecule has 2 N–H and O–H groups in total. The van der Waals surface area contributed by atoms with Gasteiger partial charge in [0.2, 0.25) is 5.91 Å². The topological polar surface area (TPSA) is 71.1 Å². The number of anilines is 1. The molecule has 1 aromatic heterocycles. The number of carbonyl (C=O) groups is 2. The number of hydrogen-bond donors (Lipinski definition) is 2. The highest BCUT2D eigenvalue weighted by Crippen LogP contribution is 2.29. The van der Waals surface area contributed by atoms with Crippen molar-refractivity contribution in [3.8, 4) is 10.6 Å². The Bertz CT molecular complexity index is 967. The Morgan fingerprint density at radius 1 is 1.07 bits per heavy atom. The van der Waals surface area contributed by atoms with Crippen molar-refractivity contribution in [3.05, 3.63) is 70.7 Å². The van der Waals surface area contributed by atoms with Crippen molar-refractivity contribution < 1.29 is 9.59 Å². The molecule has 5 nitrogen and oxygen atoms in total. The number of hydrogen-bond acceptors (Lipinski definition) is 4. The van der Waals surface area contributed by atoms with Crippen molar-refractivity contribution in [3.63, 3.8) is 0 Å². The number of benzene rings is 2. The van der Waals surface area contributed by atoms with E-state index in [1.165, 1.54) is 18.3 Å². The summed E-state index contributed by atoms with van der Waals surface area (Å²) in [5.41, 5.74) is 3.05. The first-order valence-electron chi connectivity index (χ1n) is 8.65. The van der Waals surface area contributed by atoms with Gasteiger partial charge in [-0.05, 0) is 31.5 Å². The summed E-state index contributed by atoms with van der Waals surface area (Å²) in [5, 5.41) is 6.51. The Balaban J connectivity index is 1.80. The third-order valence-corrected chi connectivity index (χ3v) is 5.11. The zero-order valence-corrected chi connectivity index (χ0v) is 16.3. The fraction of sp³-hybridized carbons (Fsp3) is 0.190. The third kappa shape index (κ3) is 4.60. The van der Waals surface area contributed by atoms with Crippen molar-refractivity contribution in [1.29, 1.82) is 0 Å². The molecule has 3 aromatic rings. The fourth-order valence-corrected chi connectivity index (χ4v) is 3.66. The molecule has 138 valence electrons. The van der Waals surface area contributed by atoms with Crippen LogP contribution in [0.25, 0.3) is 10.6 Å². The summed E-state index contributed by atoms with van der Waals surface area (Å²) in [7, 11) is 0. The van der Waals surface area contributed by atoms with Crippen molar-refractivity contribution in [2.75, 3.05) is 5.32 Å². The van der Waals surface area contributed by atoms with Gasteiger partial charge in [-0.1, -0.05) is 42.5 Å². The Kier molecular flexibility index (Phi) is 5.66. The van der Waals surface area contributed by atoms with Gasteiger partial charge in [0.05, 0.1) is 6.04 Å². The van der Waals surface area contributed by atoms with Crippen LogP contribution in [-0.2, 0) is 4.79 Å². The molecule has 27 heavy (non-hydrogen) atoms. The van der Waals surface area contributed by atoms with Crippen LogP contribution < -0.4 is 10.6 Å². The molecule has 0 aliphatic heterocycles. The summed E-state index contributed by atoms with van der Waals surface area (Å²) >= 11 is 1.46. The highest BCUT2D eigenvalue weighted by molar-refractivity contribution is 7.15. The van der Waals surface area contributed by atoms with Gasteiger partial charge in [-0.3, -0.25) is 9.59 Å². The first kappa shape index (κ1) is 18.8. The summed E-state index contributed by atoms with van der Waals surface area (Å²) in [6, 6.07) is 17.2. The van der Waals surface area contributed by atoms with Crippen LogP contribution in [0.2, 0.25) is 0 Å². The largest absolute Gasteiger partial charge is 0.344 e. The second-order valence-electron chi connectivity index (χ2n) is 6.29. The Morgan fingerprint density at radius 3 is 2.52 bits per heavy atom. The number of aryl methyl sites for hydroxylation is 1. The zero-order chi connectivity index (χ0) is 19.4. The van der Waals surface area contributed by atoms with E-state index in [0.717, 1.165) is 21.0 Å². The normalized spacial score (nSPS) is 11.7. The van der Waals surface area contributed by atoms with E-state index in [0.29, 0.717) is 11.4 Å². The van der Waals surface area contributed by atoms with Gasteiger partial charge in [-0.25, -0.2) is 4.98 Å². The molecular weight excluding hydrogens is 358 g/mol. The second kappa shape index (κ2) is 8.14. The molecule has 1 atom stereocenters. The highest BCUT2D eigenvalue weighted by atomic mass is 32.1. The highest BCUT2D eigenvalue weighted by Gasteiger charge is 2.18. The standard InChI is InChI=1S/C21H21N3O2S/c1-13(16-8-5-4-6-9-16)22-20(26)19-14(2)27-21(24-19)17-10-7-11-18(12-17)23-15(3)25/h4-13H,1-3H3,(H,22,26)(H,23,25). The molecule has 2 amide bonds. The number of rotatable bonds is 5. The Labute approximate surface area is 162 Å². The number of nitrogens with one attached hydrogen (secondary N) is 2. The number of carbonyl (C=O) groups excluding carboxylic acids is 2. The van der Waals surface area contributed by atoms with Gasteiger partial charge in [0, 0.05) is 23.1 Å². The van der Waals surface area contributed by atoms with Crippen LogP contribution in [0.4, 0.5) is 5.69 Å². The number of nitrogens with zero attached hydrogens (tertiary/aromatic N) is 1. The monoisotopic (exact) mass is 379 g/mol. The molecule has 0 fully saturated rings. The average Bonchev–Trinajstić information content (AvgIpc) is 3.04. The minimum atomic E-state index is -0.190. The van der Waals surface area contributed by atoms with Crippen LogP contribution in [0.15, 0.2) is 54.6 Å². The lowest BCUT2D eigenvalue weighted by molar-refractivity contribution is -0.114. The molecule has 1 unspecified atom stereocenters. The van der Waals surface area contributed by atoms with E-state index in [2.05, 4.69) is 15.6 Å². The van der Waals surface area contributed by atoms with E-state index in [9.17, 15) is 9.59 Å². The summed E-state index contributed by atoms with van der Waals surface area (Å²) in [5.74, 6) is -0.318. The second-order valence-corrected chi connectivity index (χ2v) is 7.49. The van der Waals surface area contributed by atoms with Gasteiger partial charge >= 0.3 is 0 Å². The Morgan fingerprint density at radius 2 is 1.81 bits per heavy atom. The van der Waals surface area contributed by atoms with E-state index in [-0.39, 0.29) is 17.9 Å². The first-order valence-corrected chi connectivity index (χ1v) is 9.47. The van der Waals surface area contributed by atoms with Crippen LogP contribution in [-0.4, -0.2) is 16.8 Å². The number of thiazole rings is 1. The maximum atomic E-state index is 12.7. The van der Waals surface area contributed by atoms with E-state index < -0.39 is 0 Å². The van der Waals surface area contributed by atoms with E-state index in [1.807, 2.05) is 68.4 Å². The smallest absolute Gasteiger partial charge is 0.271 e. The summed E-state index contributed by atoms with van der Waals surface area (Å²) in [6.07, 6.45) is 0. The van der Waals surface area contributed by atoms with Gasteiger partial charge in [0.15, 0.2) is 0 Å². The quantitative estimate of drug-likeness (QED) is 0.682. The third-order valence-electron chi connectivity index (χ3n) is 4.09. The predicted octanol–water partition coefficient (Wildman–Crippen LogP) is 4.57. The average molecular weight is 379 g/mol. The summed E-state index contributed by atoms with van der Waals surface area (Å²) < 4.78 is 0. The predicted molar refractivity (Wildman–Crippen MR) is 109 cm³/mol. The van der Waals surface area contributed by atoms with E-state index in [1.54, 1.807) is 0 Å². The SMILES string of the molecule is CC(=O)Nc1cccc(-c2nc(C(=O)NC(C)c3ccccc3)c(C)s2)c1. The van der Waals surface area contributed by atoms with Crippen LogP contribution in [0.1, 0.15) is 40.8 Å². The molecular formula is C21H21N3O2S. The van der Waals surface area contributed by atoms with Gasteiger partial charge < -0.3 is 10.6 Å². The molecule has 0 saturated carbocycles. The fourth-order valence-electron chi connectivity index (χ4n) is 2.75. The van der Waals surface area contributed by atoms with E-state index >= 15 is 0 Å². The van der Waals surface area contributed by atoms with Crippen molar-refractivity contribution in [2.45, 2.75) is 26.8 Å². The summed E-state index contributed by atoms with van der Waals surface area (Å²) in [4.78, 5) is 29.3. The molecule has 0 aliphatic carbocycles. The van der Waals surface area contributed by atoms with Gasteiger partial charge in [-0.15, -0.1) is 11.3 Å². The lowest BCUT2D eigenvalue weighted by atomic mass is 10.1. The van der Waals surface area contributed by atoms with Crippen LogP contribution in [0.3, 0.4) is 0 Å². The molecule has 1 heterocycles. The molecule has 0 saturated heterocycles. The molecule has 0 spiro atoms. The lowest BCUT2D eigenvalue weighted by Gasteiger charge is -2.13. The van der Waals surface area contributed by atoms with Crippen molar-refractivity contribution in [2.24, 2.45) is 0 Å². The van der Waals surface area contributed by atoms with Gasteiger partial charge in [0.1, 0.15) is 10.7 Å². The van der Waals surface area contributed by atoms with Gasteiger partial charge in [0.25, 0.3) is 5.91 Å². The van der Waals surface area contributed by atoms with Crippen LogP contribution in [0, 0.1) is 6.92 Å². The van der Waals surface area contributed by atoms with Crippen LogP contribution >= 0.6 is 11.3 Å². The maximum Gasteiger partial charge on any atom is 0.271 e.